The minimum atomic E-state index is -0.0218. The van der Waals surface area contributed by atoms with Gasteiger partial charge in [-0.15, -0.1) is 0 Å². The highest BCUT2D eigenvalue weighted by Crippen LogP contribution is 2.31. The van der Waals surface area contributed by atoms with E-state index in [4.69, 9.17) is 9.57 Å². The van der Waals surface area contributed by atoms with Gasteiger partial charge >= 0.3 is 0 Å². The van der Waals surface area contributed by atoms with E-state index in [9.17, 15) is 4.79 Å². The first-order chi connectivity index (χ1) is 11.2. The predicted molar refractivity (Wildman–Crippen MR) is 89.4 cm³/mol. The van der Waals surface area contributed by atoms with Gasteiger partial charge in [-0.1, -0.05) is 35.5 Å². The first-order valence-corrected chi connectivity index (χ1v) is 7.65. The van der Waals surface area contributed by atoms with Crippen molar-refractivity contribution in [2.24, 2.45) is 5.16 Å². The lowest BCUT2D eigenvalue weighted by Gasteiger charge is -2.21. The molecule has 4 nitrogen and oxygen atoms in total. The van der Waals surface area contributed by atoms with E-state index >= 15 is 0 Å². The monoisotopic (exact) mass is 309 g/mol. The molecule has 0 saturated carbocycles. The summed E-state index contributed by atoms with van der Waals surface area (Å²) in [5.74, 6) is 0.674. The smallest absolute Gasteiger partial charge is 0.193 e. The lowest BCUT2D eigenvalue weighted by atomic mass is 9.84. The molecule has 1 aliphatic carbocycles. The molecule has 0 aromatic heterocycles. The van der Waals surface area contributed by atoms with Crippen molar-refractivity contribution in [3.63, 3.8) is 0 Å². The Balaban J connectivity index is 2.19. The zero-order valence-corrected chi connectivity index (χ0v) is 13.3. The SMILES string of the molecule is CO/N=C1\CCCc2cc(OC)cc(C(=O)c3ccccc3)c21. The maximum atomic E-state index is 13.0. The summed E-state index contributed by atoms with van der Waals surface area (Å²) in [6.45, 7) is 0. The van der Waals surface area contributed by atoms with Crippen molar-refractivity contribution in [2.75, 3.05) is 14.2 Å². The zero-order chi connectivity index (χ0) is 16.2. The van der Waals surface area contributed by atoms with Crippen LogP contribution in [0.5, 0.6) is 5.75 Å². The molecule has 2 aromatic carbocycles. The lowest BCUT2D eigenvalue weighted by molar-refractivity contribution is 0.103. The van der Waals surface area contributed by atoms with Gasteiger partial charge in [-0.25, -0.2) is 0 Å². The van der Waals surface area contributed by atoms with Gasteiger partial charge in [0.1, 0.15) is 12.9 Å². The molecule has 1 aliphatic rings. The molecular weight excluding hydrogens is 290 g/mol. The van der Waals surface area contributed by atoms with Crippen LogP contribution in [0.4, 0.5) is 0 Å². The third kappa shape index (κ3) is 2.97. The van der Waals surface area contributed by atoms with Crippen LogP contribution in [-0.4, -0.2) is 25.7 Å². The fourth-order valence-corrected chi connectivity index (χ4v) is 3.03. The van der Waals surface area contributed by atoms with Crippen LogP contribution < -0.4 is 4.74 Å². The summed E-state index contributed by atoms with van der Waals surface area (Å²) < 4.78 is 5.38. The first-order valence-electron chi connectivity index (χ1n) is 7.65. The standard InChI is InChI=1S/C19H19NO3/c1-22-15-11-14-9-6-10-17(20-23-2)18(14)16(12-15)19(21)13-7-4-3-5-8-13/h3-5,7-8,11-12H,6,9-10H2,1-2H3/b20-17+. The van der Waals surface area contributed by atoms with Gasteiger partial charge in [0.15, 0.2) is 5.78 Å². The number of hydrogen-bond acceptors (Lipinski definition) is 4. The van der Waals surface area contributed by atoms with Crippen molar-refractivity contribution >= 4 is 11.5 Å². The van der Waals surface area contributed by atoms with Crippen molar-refractivity contribution in [2.45, 2.75) is 19.3 Å². The fraction of sp³-hybridized carbons (Fsp3) is 0.263. The Morgan fingerprint density at radius 2 is 1.87 bits per heavy atom. The van der Waals surface area contributed by atoms with E-state index in [2.05, 4.69) is 5.16 Å². The topological polar surface area (TPSA) is 47.9 Å². The third-order valence-corrected chi connectivity index (χ3v) is 4.06. The molecule has 0 spiro atoms. The average molecular weight is 309 g/mol. The molecule has 0 heterocycles. The Morgan fingerprint density at radius 1 is 1.09 bits per heavy atom. The molecular formula is C19H19NO3. The molecule has 0 amide bonds. The Hall–Kier alpha value is -2.62. The minimum Gasteiger partial charge on any atom is -0.497 e. The van der Waals surface area contributed by atoms with Crippen LogP contribution in [0.1, 0.15) is 39.9 Å². The average Bonchev–Trinajstić information content (AvgIpc) is 2.61. The summed E-state index contributed by atoms with van der Waals surface area (Å²) in [4.78, 5) is 18.0. The summed E-state index contributed by atoms with van der Waals surface area (Å²) in [5, 5.41) is 4.14. The van der Waals surface area contributed by atoms with E-state index in [0.717, 1.165) is 36.1 Å². The normalized spacial score (nSPS) is 15.1. The van der Waals surface area contributed by atoms with Gasteiger partial charge in [-0.3, -0.25) is 4.79 Å². The minimum absolute atomic E-state index is 0.0218. The van der Waals surface area contributed by atoms with E-state index in [0.29, 0.717) is 16.9 Å². The number of hydrogen-bond donors (Lipinski definition) is 0. The quantitative estimate of drug-likeness (QED) is 0.640. The second kappa shape index (κ2) is 6.65. The zero-order valence-electron chi connectivity index (χ0n) is 13.3. The molecule has 0 N–H and O–H groups in total. The third-order valence-electron chi connectivity index (χ3n) is 4.06. The van der Waals surface area contributed by atoms with Crippen LogP contribution in [0.2, 0.25) is 0 Å². The van der Waals surface area contributed by atoms with Crippen molar-refractivity contribution in [3.8, 4) is 5.75 Å². The number of fused-ring (bicyclic) bond motifs is 1. The molecule has 2 aromatic rings. The second-order valence-corrected chi connectivity index (χ2v) is 5.48. The largest absolute Gasteiger partial charge is 0.497 e. The summed E-state index contributed by atoms with van der Waals surface area (Å²) in [6, 6.07) is 13.1. The number of methoxy groups -OCH3 is 1. The van der Waals surface area contributed by atoms with Gasteiger partial charge in [-0.05, 0) is 37.0 Å². The number of rotatable bonds is 4. The Kier molecular flexibility index (Phi) is 4.42. The Bertz CT molecular complexity index is 751. The molecule has 0 unspecified atom stereocenters. The second-order valence-electron chi connectivity index (χ2n) is 5.48. The van der Waals surface area contributed by atoms with Crippen LogP contribution in [-0.2, 0) is 11.3 Å². The molecule has 0 fully saturated rings. The molecule has 0 aliphatic heterocycles. The molecule has 3 rings (SSSR count). The summed E-state index contributed by atoms with van der Waals surface area (Å²) >= 11 is 0. The number of oxime groups is 1. The van der Waals surface area contributed by atoms with Crippen molar-refractivity contribution in [3.05, 3.63) is 64.7 Å². The molecule has 0 atom stereocenters. The molecule has 0 bridgehead atoms. The molecule has 4 heteroatoms. The Morgan fingerprint density at radius 3 is 2.57 bits per heavy atom. The number of carbonyl (C=O) groups excluding carboxylic acids is 1. The summed E-state index contributed by atoms with van der Waals surface area (Å²) in [7, 11) is 3.15. The van der Waals surface area contributed by atoms with E-state index in [1.807, 2.05) is 36.4 Å². The predicted octanol–water partition coefficient (Wildman–Crippen LogP) is 3.61. The molecule has 0 radical (unpaired) electrons. The van der Waals surface area contributed by atoms with Crippen LogP contribution in [0.15, 0.2) is 47.6 Å². The first kappa shape index (κ1) is 15.3. The van der Waals surface area contributed by atoms with Gasteiger partial charge in [0, 0.05) is 16.7 Å². The van der Waals surface area contributed by atoms with Crippen LogP contribution in [0.3, 0.4) is 0 Å². The van der Waals surface area contributed by atoms with E-state index in [1.165, 1.54) is 7.11 Å². The molecule has 23 heavy (non-hydrogen) atoms. The number of nitrogens with zero attached hydrogens (tertiary/aromatic N) is 1. The van der Waals surface area contributed by atoms with Gasteiger partial charge in [-0.2, -0.15) is 0 Å². The summed E-state index contributed by atoms with van der Waals surface area (Å²) in [6.07, 6.45) is 2.70. The highest BCUT2D eigenvalue weighted by Gasteiger charge is 2.25. The highest BCUT2D eigenvalue weighted by molar-refractivity contribution is 6.17. The number of ketones is 1. The highest BCUT2D eigenvalue weighted by atomic mass is 16.6. The van der Waals surface area contributed by atoms with Gasteiger partial charge in [0.2, 0.25) is 0 Å². The number of benzene rings is 2. The van der Waals surface area contributed by atoms with Gasteiger partial charge in [0.25, 0.3) is 0 Å². The Labute approximate surface area is 135 Å². The maximum absolute atomic E-state index is 13.0. The summed E-state index contributed by atoms with van der Waals surface area (Å²) in [5.41, 5.74) is 4.10. The van der Waals surface area contributed by atoms with Crippen LogP contribution in [0, 0.1) is 0 Å². The van der Waals surface area contributed by atoms with Crippen molar-refractivity contribution in [1.29, 1.82) is 0 Å². The number of ether oxygens (including phenoxy) is 1. The number of aryl methyl sites for hydroxylation is 1. The van der Waals surface area contributed by atoms with Crippen LogP contribution >= 0.6 is 0 Å². The number of carbonyl (C=O) groups is 1. The molecule has 118 valence electrons. The fourth-order valence-electron chi connectivity index (χ4n) is 3.03. The van der Waals surface area contributed by atoms with Gasteiger partial charge < -0.3 is 9.57 Å². The maximum Gasteiger partial charge on any atom is 0.193 e. The lowest BCUT2D eigenvalue weighted by Crippen LogP contribution is -2.18. The van der Waals surface area contributed by atoms with E-state index in [1.54, 1.807) is 13.2 Å². The van der Waals surface area contributed by atoms with Crippen molar-refractivity contribution in [1.82, 2.24) is 0 Å². The van der Waals surface area contributed by atoms with E-state index in [-0.39, 0.29) is 5.78 Å². The van der Waals surface area contributed by atoms with Crippen LogP contribution in [0.25, 0.3) is 0 Å². The molecule has 0 saturated heterocycles. The van der Waals surface area contributed by atoms with Crippen molar-refractivity contribution < 1.29 is 14.4 Å². The van der Waals surface area contributed by atoms with E-state index < -0.39 is 0 Å². The van der Waals surface area contributed by atoms with Gasteiger partial charge in [0.05, 0.1) is 12.8 Å².